The van der Waals surface area contributed by atoms with Crippen molar-refractivity contribution in [3.63, 3.8) is 0 Å². The Morgan fingerprint density at radius 2 is 2.13 bits per heavy atom. The van der Waals surface area contributed by atoms with Crippen LogP contribution in [0, 0.1) is 0 Å². The third kappa shape index (κ3) is 1.83. The maximum Gasteiger partial charge on any atom is 0.347 e. The van der Waals surface area contributed by atoms with Gasteiger partial charge in [0.05, 0.1) is 11.1 Å². The zero-order valence-corrected chi connectivity index (χ0v) is 7.71. The summed E-state index contributed by atoms with van der Waals surface area (Å²) in [6.07, 6.45) is 1.38. The average molecular weight is 201 g/mol. The third-order valence-electron chi connectivity index (χ3n) is 1.98. The van der Waals surface area contributed by atoms with Gasteiger partial charge in [0.1, 0.15) is 0 Å². The predicted octanol–water partition coefficient (Wildman–Crippen LogP) is 1.55. The molecule has 2 aromatic rings. The first kappa shape index (κ1) is 9.33. The summed E-state index contributed by atoms with van der Waals surface area (Å²) in [5.41, 5.74) is 1.06. The van der Waals surface area contributed by atoms with E-state index < -0.39 is 5.97 Å². The van der Waals surface area contributed by atoms with Crippen molar-refractivity contribution in [3.8, 4) is 0 Å². The molecule has 0 aliphatic carbocycles. The van der Waals surface area contributed by atoms with Gasteiger partial charge in [-0.15, -0.1) is 0 Å². The highest BCUT2D eigenvalue weighted by Crippen LogP contribution is 2.12. The molecule has 1 aromatic carbocycles. The Morgan fingerprint density at radius 1 is 1.33 bits per heavy atom. The number of fused-ring (bicyclic) bond motifs is 1. The number of benzene rings is 1. The lowest BCUT2D eigenvalue weighted by Gasteiger charge is -1.99. The minimum Gasteiger partial charge on any atom is -0.392 e. The van der Waals surface area contributed by atoms with Crippen molar-refractivity contribution >= 4 is 23.3 Å². The van der Waals surface area contributed by atoms with Crippen LogP contribution in [0.4, 0.5) is 0 Å². The van der Waals surface area contributed by atoms with Crippen LogP contribution in [0.2, 0.25) is 0 Å². The number of nitrogens with zero attached hydrogens (tertiary/aromatic N) is 1. The summed E-state index contributed by atoms with van der Waals surface area (Å²) >= 11 is 0. The molecule has 4 heteroatoms. The van der Waals surface area contributed by atoms with Crippen LogP contribution in [0.15, 0.2) is 36.5 Å². The molecule has 0 spiro atoms. The second-order valence-electron chi connectivity index (χ2n) is 2.92. The highest BCUT2D eigenvalue weighted by atomic mass is 16.6. The minimum absolute atomic E-state index is 0.109. The number of ether oxygens (including phenoxy) is 1. The summed E-state index contributed by atoms with van der Waals surface area (Å²) in [6, 6.07) is 9.01. The molecule has 0 saturated carbocycles. The second kappa shape index (κ2) is 3.88. The fourth-order valence-corrected chi connectivity index (χ4v) is 1.29. The number of aromatic nitrogens is 1. The van der Waals surface area contributed by atoms with Gasteiger partial charge in [-0.2, -0.15) is 0 Å². The topological polar surface area (TPSA) is 56.3 Å². The number of hydrogen-bond donors (Lipinski definition) is 0. The van der Waals surface area contributed by atoms with Crippen molar-refractivity contribution in [2.24, 2.45) is 0 Å². The highest BCUT2D eigenvalue weighted by molar-refractivity contribution is 5.96. The molecule has 0 bridgehead atoms. The second-order valence-corrected chi connectivity index (χ2v) is 2.92. The van der Waals surface area contributed by atoms with Gasteiger partial charge in [-0.25, -0.2) is 4.79 Å². The minimum atomic E-state index is -0.691. The molecule has 1 heterocycles. The molecule has 1 aromatic heterocycles. The van der Waals surface area contributed by atoms with Gasteiger partial charge in [-0.05, 0) is 12.1 Å². The SMILES string of the molecule is O=COC(=O)c1cnc2ccccc2c1. The van der Waals surface area contributed by atoms with Gasteiger partial charge in [0.2, 0.25) is 0 Å². The zero-order valence-electron chi connectivity index (χ0n) is 7.71. The van der Waals surface area contributed by atoms with Crippen molar-refractivity contribution in [1.82, 2.24) is 4.98 Å². The van der Waals surface area contributed by atoms with Crippen LogP contribution in [-0.4, -0.2) is 17.4 Å². The molecule has 15 heavy (non-hydrogen) atoms. The van der Waals surface area contributed by atoms with E-state index in [9.17, 15) is 9.59 Å². The van der Waals surface area contributed by atoms with Gasteiger partial charge in [0, 0.05) is 11.6 Å². The van der Waals surface area contributed by atoms with Crippen LogP contribution in [0.5, 0.6) is 0 Å². The molecule has 0 amide bonds. The molecular formula is C11H7NO3. The molecule has 2 rings (SSSR count). The number of para-hydroxylation sites is 1. The largest absolute Gasteiger partial charge is 0.392 e. The first-order valence-electron chi connectivity index (χ1n) is 4.30. The summed E-state index contributed by atoms with van der Waals surface area (Å²) in [5.74, 6) is -0.691. The number of rotatable bonds is 2. The molecule has 0 saturated heterocycles. The maximum atomic E-state index is 11.2. The van der Waals surface area contributed by atoms with Crippen molar-refractivity contribution in [1.29, 1.82) is 0 Å². The Morgan fingerprint density at radius 3 is 2.93 bits per heavy atom. The van der Waals surface area contributed by atoms with Crippen LogP contribution >= 0.6 is 0 Å². The van der Waals surface area contributed by atoms with Crippen LogP contribution < -0.4 is 0 Å². The molecule has 0 unspecified atom stereocenters. The van der Waals surface area contributed by atoms with E-state index in [1.54, 1.807) is 6.07 Å². The smallest absolute Gasteiger partial charge is 0.347 e. The van der Waals surface area contributed by atoms with Crippen molar-refractivity contribution < 1.29 is 14.3 Å². The highest BCUT2D eigenvalue weighted by Gasteiger charge is 2.07. The van der Waals surface area contributed by atoms with Gasteiger partial charge in [-0.1, -0.05) is 18.2 Å². The Labute approximate surface area is 85.5 Å². The van der Waals surface area contributed by atoms with E-state index in [-0.39, 0.29) is 12.0 Å². The van der Waals surface area contributed by atoms with E-state index in [2.05, 4.69) is 9.72 Å². The molecule has 0 N–H and O–H groups in total. The first-order valence-corrected chi connectivity index (χ1v) is 4.30. The van der Waals surface area contributed by atoms with Crippen LogP contribution in [0.3, 0.4) is 0 Å². The predicted molar refractivity (Wildman–Crippen MR) is 53.2 cm³/mol. The fraction of sp³-hybridized carbons (Fsp3) is 0. The van der Waals surface area contributed by atoms with E-state index >= 15 is 0 Å². The van der Waals surface area contributed by atoms with Gasteiger partial charge in [0.15, 0.2) is 0 Å². The molecule has 0 fully saturated rings. The lowest BCUT2D eigenvalue weighted by Crippen LogP contribution is -2.03. The summed E-state index contributed by atoms with van der Waals surface area (Å²) < 4.78 is 4.22. The standard InChI is InChI=1S/C11H7NO3/c13-7-15-11(14)9-5-8-3-1-2-4-10(8)12-6-9/h1-7H. The van der Waals surface area contributed by atoms with E-state index in [1.807, 2.05) is 24.3 Å². The van der Waals surface area contributed by atoms with Crippen molar-refractivity contribution in [2.45, 2.75) is 0 Å². The fourth-order valence-electron chi connectivity index (χ4n) is 1.29. The average Bonchev–Trinajstić information content (AvgIpc) is 2.29. The lowest BCUT2D eigenvalue weighted by atomic mass is 10.2. The molecule has 0 radical (unpaired) electrons. The Kier molecular flexibility index (Phi) is 2.41. The molecule has 74 valence electrons. The van der Waals surface area contributed by atoms with Crippen LogP contribution in [0.1, 0.15) is 10.4 Å². The Bertz CT molecular complexity index is 522. The number of hydrogen-bond acceptors (Lipinski definition) is 4. The van der Waals surface area contributed by atoms with Gasteiger partial charge in [-0.3, -0.25) is 9.78 Å². The Hall–Kier alpha value is -2.23. The number of pyridine rings is 1. The number of carbonyl (C=O) groups is 2. The lowest BCUT2D eigenvalue weighted by molar-refractivity contribution is -0.123. The molecular weight excluding hydrogens is 194 g/mol. The molecule has 0 aliphatic heterocycles. The van der Waals surface area contributed by atoms with Crippen LogP contribution in [0.25, 0.3) is 10.9 Å². The first-order chi connectivity index (χ1) is 7.31. The quantitative estimate of drug-likeness (QED) is 0.420. The van der Waals surface area contributed by atoms with E-state index in [4.69, 9.17) is 0 Å². The van der Waals surface area contributed by atoms with Crippen molar-refractivity contribution in [2.75, 3.05) is 0 Å². The summed E-state index contributed by atoms with van der Waals surface area (Å²) in [7, 11) is 0. The molecule has 0 aliphatic rings. The third-order valence-corrected chi connectivity index (χ3v) is 1.98. The monoisotopic (exact) mass is 201 g/mol. The van der Waals surface area contributed by atoms with Crippen LogP contribution in [-0.2, 0) is 9.53 Å². The zero-order chi connectivity index (χ0) is 10.7. The molecule has 0 atom stereocenters. The van der Waals surface area contributed by atoms with Crippen molar-refractivity contribution in [3.05, 3.63) is 42.1 Å². The van der Waals surface area contributed by atoms with Gasteiger partial charge in [0.25, 0.3) is 0 Å². The summed E-state index contributed by atoms with van der Waals surface area (Å²) in [6.45, 7) is 0.109. The van der Waals surface area contributed by atoms with E-state index in [0.29, 0.717) is 0 Å². The summed E-state index contributed by atoms with van der Waals surface area (Å²) in [4.78, 5) is 25.3. The maximum absolute atomic E-state index is 11.2. The van der Waals surface area contributed by atoms with Gasteiger partial charge >= 0.3 is 12.4 Å². The van der Waals surface area contributed by atoms with Gasteiger partial charge < -0.3 is 4.74 Å². The number of carbonyl (C=O) groups excluding carboxylic acids is 2. The molecule has 4 nitrogen and oxygen atoms in total. The Balaban J connectivity index is 2.46. The normalized spacial score (nSPS) is 9.87. The number of esters is 1. The summed E-state index contributed by atoms with van der Waals surface area (Å²) in [5, 5.41) is 0.831. The van der Waals surface area contributed by atoms with E-state index in [0.717, 1.165) is 10.9 Å². The van der Waals surface area contributed by atoms with E-state index in [1.165, 1.54) is 6.20 Å².